The molecule has 0 aliphatic heterocycles. The summed E-state index contributed by atoms with van der Waals surface area (Å²) in [6.45, 7) is 1.96. The number of nitrogens with one attached hydrogen (secondary N) is 2. The number of nitrogens with zero attached hydrogens (tertiary/aromatic N) is 1. The van der Waals surface area contributed by atoms with Crippen molar-refractivity contribution in [3.63, 3.8) is 0 Å². The third-order valence-corrected chi connectivity index (χ3v) is 5.20. The van der Waals surface area contributed by atoms with Gasteiger partial charge in [-0.05, 0) is 49.1 Å². The second-order valence-corrected chi connectivity index (χ2v) is 7.21. The molecule has 128 valence electrons. The van der Waals surface area contributed by atoms with Gasteiger partial charge in [-0.15, -0.1) is 0 Å². The van der Waals surface area contributed by atoms with E-state index in [1.165, 1.54) is 12.8 Å². The molecule has 1 heterocycles. The number of rotatable bonds is 5. The highest BCUT2D eigenvalue weighted by atomic mass is 35.5. The van der Waals surface area contributed by atoms with Gasteiger partial charge in [0.25, 0.3) is 5.91 Å². The summed E-state index contributed by atoms with van der Waals surface area (Å²) in [6, 6.07) is 13.3. The molecule has 1 unspecified atom stereocenters. The third-order valence-electron chi connectivity index (χ3n) is 4.86. The number of H-pyrrole nitrogens is 1. The first-order valence-electron chi connectivity index (χ1n) is 8.62. The molecule has 5 heteroatoms. The molecule has 1 aliphatic carbocycles. The van der Waals surface area contributed by atoms with Crippen LogP contribution < -0.4 is 5.32 Å². The Hall–Kier alpha value is -2.33. The number of halogens is 1. The fourth-order valence-electron chi connectivity index (χ4n) is 3.23. The van der Waals surface area contributed by atoms with Crippen molar-refractivity contribution in [3.8, 4) is 0 Å². The van der Waals surface area contributed by atoms with Crippen molar-refractivity contribution >= 4 is 28.4 Å². The van der Waals surface area contributed by atoms with E-state index in [1.807, 2.05) is 49.4 Å². The predicted molar refractivity (Wildman–Crippen MR) is 99.8 cm³/mol. The normalized spacial score (nSPS) is 15.3. The van der Waals surface area contributed by atoms with Gasteiger partial charge in [-0.1, -0.05) is 42.6 Å². The van der Waals surface area contributed by atoms with Crippen molar-refractivity contribution in [1.29, 1.82) is 0 Å². The van der Waals surface area contributed by atoms with E-state index in [1.54, 1.807) is 0 Å². The molecule has 25 heavy (non-hydrogen) atoms. The first kappa shape index (κ1) is 16.2. The van der Waals surface area contributed by atoms with Crippen LogP contribution in [0.2, 0.25) is 5.02 Å². The zero-order valence-corrected chi connectivity index (χ0v) is 14.8. The minimum atomic E-state index is -0.0759. The predicted octanol–water partition coefficient (Wildman–Crippen LogP) is 4.80. The van der Waals surface area contributed by atoms with Gasteiger partial charge in [0.05, 0.1) is 11.6 Å². The topological polar surface area (TPSA) is 57.8 Å². The second-order valence-electron chi connectivity index (χ2n) is 6.81. The van der Waals surface area contributed by atoms with Crippen molar-refractivity contribution in [2.75, 3.05) is 0 Å². The van der Waals surface area contributed by atoms with E-state index in [2.05, 4.69) is 15.5 Å². The van der Waals surface area contributed by atoms with E-state index in [9.17, 15) is 4.79 Å². The lowest BCUT2D eigenvalue weighted by Gasteiger charge is -2.20. The summed E-state index contributed by atoms with van der Waals surface area (Å²) in [5, 5.41) is 12.0. The van der Waals surface area contributed by atoms with Gasteiger partial charge in [0.1, 0.15) is 0 Å². The van der Waals surface area contributed by atoms with Crippen LogP contribution in [0.5, 0.6) is 0 Å². The number of benzene rings is 2. The van der Waals surface area contributed by atoms with Gasteiger partial charge in [-0.2, -0.15) is 5.10 Å². The molecule has 0 spiro atoms. The van der Waals surface area contributed by atoms with Crippen LogP contribution in [-0.2, 0) is 0 Å². The minimum Gasteiger partial charge on any atom is -0.345 e. The molecule has 4 nitrogen and oxygen atoms in total. The van der Waals surface area contributed by atoms with E-state index >= 15 is 0 Å². The lowest BCUT2D eigenvalue weighted by Crippen LogP contribution is -2.29. The highest BCUT2D eigenvalue weighted by Gasteiger charge is 2.28. The number of amides is 1. The van der Waals surface area contributed by atoms with E-state index in [4.69, 9.17) is 11.6 Å². The molecular formula is C20H20ClN3O. The average molecular weight is 354 g/mol. The lowest BCUT2D eigenvalue weighted by atomic mass is 10.00. The van der Waals surface area contributed by atoms with Crippen LogP contribution in [0.1, 0.15) is 46.9 Å². The SMILES string of the molecule is Cc1[nH]nc2ccc(C(=O)NC(CC3CC3)c3ccccc3Cl)cc12. The highest BCUT2D eigenvalue weighted by Crippen LogP contribution is 2.39. The molecule has 0 saturated heterocycles. The fourth-order valence-corrected chi connectivity index (χ4v) is 3.50. The zero-order chi connectivity index (χ0) is 17.4. The van der Waals surface area contributed by atoms with E-state index in [0.29, 0.717) is 16.5 Å². The molecule has 1 aliphatic rings. The maximum atomic E-state index is 12.8. The Morgan fingerprint density at radius 2 is 2.12 bits per heavy atom. The summed E-state index contributed by atoms with van der Waals surface area (Å²) in [4.78, 5) is 12.8. The second kappa shape index (κ2) is 6.52. The number of hydrogen-bond acceptors (Lipinski definition) is 2. The van der Waals surface area contributed by atoms with E-state index < -0.39 is 0 Å². The Labute approximate surface area is 151 Å². The molecule has 0 bridgehead atoms. The van der Waals surface area contributed by atoms with Crippen LogP contribution in [-0.4, -0.2) is 16.1 Å². The quantitative estimate of drug-likeness (QED) is 0.692. The Morgan fingerprint density at radius 1 is 1.32 bits per heavy atom. The summed E-state index contributed by atoms with van der Waals surface area (Å²) >= 11 is 6.37. The van der Waals surface area contributed by atoms with Gasteiger partial charge in [0.15, 0.2) is 0 Å². The molecular weight excluding hydrogens is 334 g/mol. The fraction of sp³-hybridized carbons (Fsp3) is 0.300. The van der Waals surface area contributed by atoms with Crippen LogP contribution in [0.4, 0.5) is 0 Å². The largest absolute Gasteiger partial charge is 0.345 e. The van der Waals surface area contributed by atoms with Gasteiger partial charge >= 0.3 is 0 Å². The Bertz CT molecular complexity index is 930. The molecule has 1 saturated carbocycles. The first-order chi connectivity index (χ1) is 12.1. The monoisotopic (exact) mass is 353 g/mol. The molecule has 1 atom stereocenters. The number of aromatic nitrogens is 2. The van der Waals surface area contributed by atoms with Crippen molar-refractivity contribution in [1.82, 2.24) is 15.5 Å². The van der Waals surface area contributed by atoms with E-state index in [0.717, 1.165) is 28.6 Å². The van der Waals surface area contributed by atoms with E-state index in [-0.39, 0.29) is 11.9 Å². The van der Waals surface area contributed by atoms with Gasteiger partial charge in [0, 0.05) is 21.7 Å². The standard InChI is InChI=1S/C20H20ClN3O/c1-12-16-11-14(8-9-18(16)24-23-12)20(25)22-19(10-13-6-7-13)15-4-2-3-5-17(15)21/h2-5,8-9,11,13,19H,6-7,10H2,1H3,(H,22,25)(H,23,24). The van der Waals surface area contributed by atoms with Gasteiger partial charge in [0.2, 0.25) is 0 Å². The number of carbonyl (C=O) groups is 1. The number of aryl methyl sites for hydroxylation is 1. The number of hydrogen-bond donors (Lipinski definition) is 2. The third kappa shape index (κ3) is 3.40. The Balaban J connectivity index is 1.60. The lowest BCUT2D eigenvalue weighted by molar-refractivity contribution is 0.0933. The summed E-state index contributed by atoms with van der Waals surface area (Å²) in [6.07, 6.45) is 3.40. The maximum Gasteiger partial charge on any atom is 0.251 e. The Morgan fingerprint density at radius 3 is 2.88 bits per heavy atom. The molecule has 2 N–H and O–H groups in total. The molecule has 0 radical (unpaired) electrons. The zero-order valence-electron chi connectivity index (χ0n) is 14.1. The average Bonchev–Trinajstić information content (AvgIpc) is 3.36. The number of aromatic amines is 1. The van der Waals surface area contributed by atoms with Crippen molar-refractivity contribution in [3.05, 3.63) is 64.3 Å². The number of fused-ring (bicyclic) bond motifs is 1. The van der Waals surface area contributed by atoms with Gasteiger partial charge in [-0.25, -0.2) is 0 Å². The van der Waals surface area contributed by atoms with Crippen molar-refractivity contribution in [2.24, 2.45) is 5.92 Å². The van der Waals surface area contributed by atoms with Gasteiger partial charge in [-0.3, -0.25) is 9.89 Å². The first-order valence-corrected chi connectivity index (χ1v) is 8.99. The molecule has 1 fully saturated rings. The summed E-state index contributed by atoms with van der Waals surface area (Å²) in [5.41, 5.74) is 3.47. The van der Waals surface area contributed by atoms with Crippen molar-refractivity contribution in [2.45, 2.75) is 32.2 Å². The number of carbonyl (C=O) groups excluding carboxylic acids is 1. The maximum absolute atomic E-state index is 12.8. The van der Waals surface area contributed by atoms with Crippen molar-refractivity contribution < 1.29 is 4.79 Å². The van der Waals surface area contributed by atoms with Gasteiger partial charge < -0.3 is 5.32 Å². The molecule has 1 aromatic heterocycles. The van der Waals surface area contributed by atoms with Crippen LogP contribution in [0.3, 0.4) is 0 Å². The summed E-state index contributed by atoms with van der Waals surface area (Å²) in [5.74, 6) is 0.605. The molecule has 1 amide bonds. The van der Waals surface area contributed by atoms with Crippen LogP contribution in [0.15, 0.2) is 42.5 Å². The Kier molecular flexibility index (Phi) is 4.22. The molecule has 4 rings (SSSR count). The minimum absolute atomic E-state index is 0.0603. The summed E-state index contributed by atoms with van der Waals surface area (Å²) < 4.78 is 0. The summed E-state index contributed by atoms with van der Waals surface area (Å²) in [7, 11) is 0. The molecule has 2 aromatic carbocycles. The smallest absolute Gasteiger partial charge is 0.251 e. The van der Waals surface area contributed by atoms with Crippen LogP contribution in [0, 0.1) is 12.8 Å². The molecule has 3 aromatic rings. The van der Waals surface area contributed by atoms with Crippen LogP contribution in [0.25, 0.3) is 10.9 Å². The highest BCUT2D eigenvalue weighted by molar-refractivity contribution is 6.31. The van der Waals surface area contributed by atoms with Crippen LogP contribution >= 0.6 is 11.6 Å².